The largest absolute Gasteiger partial charge is 0.493 e. The van der Waals surface area contributed by atoms with Gasteiger partial charge in [-0.15, -0.1) is 24.0 Å². The molecule has 0 heterocycles. The summed E-state index contributed by atoms with van der Waals surface area (Å²) < 4.78 is 40.3. The average molecular weight is 515 g/mol. The van der Waals surface area contributed by atoms with Gasteiger partial charge in [0.15, 0.2) is 17.5 Å². The highest BCUT2D eigenvalue weighted by Gasteiger charge is 2.14. The molecule has 1 rings (SSSR count). The lowest BCUT2D eigenvalue weighted by atomic mass is 10.0. The summed E-state index contributed by atoms with van der Waals surface area (Å²) in [5.74, 6) is 1.33. The Morgan fingerprint density at radius 1 is 1.18 bits per heavy atom. The van der Waals surface area contributed by atoms with Crippen LogP contribution in [-0.4, -0.2) is 46.0 Å². The number of rotatable bonds is 11. The molecule has 0 aromatic heterocycles. The Balaban J connectivity index is 0.00000729. The summed E-state index contributed by atoms with van der Waals surface area (Å²) in [6.07, 6.45) is 1.05. The van der Waals surface area contributed by atoms with E-state index in [2.05, 4.69) is 34.2 Å². The van der Waals surface area contributed by atoms with Crippen LogP contribution in [0.5, 0.6) is 11.5 Å². The summed E-state index contributed by atoms with van der Waals surface area (Å²) in [6, 6.07) is 4.90. The van der Waals surface area contributed by atoms with Gasteiger partial charge in [-0.1, -0.05) is 19.9 Å². The molecule has 9 heteroatoms. The molecule has 0 aliphatic carbocycles. The van der Waals surface area contributed by atoms with Crippen LogP contribution in [0.1, 0.15) is 32.8 Å². The first-order chi connectivity index (χ1) is 12.9. The number of nitrogens with one attached hydrogen (secondary N) is 2. The minimum absolute atomic E-state index is 0. The van der Waals surface area contributed by atoms with Crippen LogP contribution in [0.15, 0.2) is 23.2 Å². The van der Waals surface area contributed by atoms with E-state index < -0.39 is 6.61 Å². The van der Waals surface area contributed by atoms with Crippen LogP contribution < -0.4 is 20.1 Å². The third kappa shape index (κ3) is 9.72. The molecular formula is C19H32F2IN3O3. The minimum atomic E-state index is -2.91. The lowest BCUT2D eigenvalue weighted by molar-refractivity contribution is -0.0512. The summed E-state index contributed by atoms with van der Waals surface area (Å²) in [5, 5.41) is 6.39. The molecule has 1 atom stereocenters. The van der Waals surface area contributed by atoms with Gasteiger partial charge in [0.1, 0.15) is 0 Å². The fourth-order valence-corrected chi connectivity index (χ4v) is 2.58. The van der Waals surface area contributed by atoms with Gasteiger partial charge in [0.05, 0.1) is 13.2 Å². The second-order valence-electron chi connectivity index (χ2n) is 6.24. The number of nitrogens with zero attached hydrogens (tertiary/aromatic N) is 1. The Morgan fingerprint density at radius 3 is 2.43 bits per heavy atom. The number of guanidine groups is 1. The van der Waals surface area contributed by atoms with Gasteiger partial charge in [-0.3, -0.25) is 4.99 Å². The number of hydrogen-bond donors (Lipinski definition) is 2. The van der Waals surface area contributed by atoms with Crippen molar-refractivity contribution in [2.24, 2.45) is 10.9 Å². The molecule has 0 saturated heterocycles. The molecule has 0 aliphatic heterocycles. The van der Waals surface area contributed by atoms with Gasteiger partial charge in [0.2, 0.25) is 0 Å². The number of methoxy groups -OCH3 is 1. The molecular weight excluding hydrogens is 483 g/mol. The lowest BCUT2D eigenvalue weighted by Crippen LogP contribution is -2.38. The van der Waals surface area contributed by atoms with Crippen molar-refractivity contribution in [1.29, 1.82) is 0 Å². The van der Waals surface area contributed by atoms with Crippen molar-refractivity contribution >= 4 is 29.9 Å². The first-order valence-corrected chi connectivity index (χ1v) is 9.09. The number of halogens is 3. The van der Waals surface area contributed by atoms with Gasteiger partial charge in [0, 0.05) is 26.7 Å². The SMILES string of the molecule is CCOC(CCNC(=NC)NCc1ccc(OC)c(OC(F)F)c1)C(C)C.I. The van der Waals surface area contributed by atoms with Crippen molar-refractivity contribution in [2.75, 3.05) is 27.3 Å². The molecule has 6 nitrogen and oxygen atoms in total. The van der Waals surface area contributed by atoms with E-state index in [0.29, 0.717) is 31.6 Å². The fraction of sp³-hybridized carbons (Fsp3) is 0.632. The van der Waals surface area contributed by atoms with Crippen LogP contribution in [0, 0.1) is 5.92 Å². The van der Waals surface area contributed by atoms with Gasteiger partial charge in [-0.05, 0) is 37.0 Å². The normalized spacial score (nSPS) is 12.5. The van der Waals surface area contributed by atoms with E-state index in [4.69, 9.17) is 9.47 Å². The fourth-order valence-electron chi connectivity index (χ4n) is 2.58. The standard InChI is InChI=1S/C19H31F2N3O3.HI/c1-6-26-15(13(2)3)9-10-23-19(22-4)24-12-14-7-8-16(25-5)17(11-14)27-18(20)21;/h7-8,11,13,15,18H,6,9-10,12H2,1-5H3,(H2,22,23,24);1H. The second-order valence-corrected chi connectivity index (χ2v) is 6.24. The van der Waals surface area contributed by atoms with E-state index >= 15 is 0 Å². The van der Waals surface area contributed by atoms with Gasteiger partial charge >= 0.3 is 6.61 Å². The van der Waals surface area contributed by atoms with Crippen molar-refractivity contribution in [2.45, 2.75) is 46.5 Å². The molecule has 1 unspecified atom stereocenters. The van der Waals surface area contributed by atoms with Crippen molar-refractivity contribution < 1.29 is 23.0 Å². The molecule has 0 aliphatic rings. The smallest absolute Gasteiger partial charge is 0.387 e. The van der Waals surface area contributed by atoms with E-state index in [-0.39, 0.29) is 41.6 Å². The molecule has 28 heavy (non-hydrogen) atoms. The Kier molecular flexibility index (Phi) is 13.9. The van der Waals surface area contributed by atoms with Crippen LogP contribution in [0.4, 0.5) is 8.78 Å². The zero-order valence-electron chi connectivity index (χ0n) is 17.1. The second kappa shape index (κ2) is 14.6. The number of alkyl halides is 2. The zero-order chi connectivity index (χ0) is 20.2. The zero-order valence-corrected chi connectivity index (χ0v) is 19.5. The molecule has 162 valence electrons. The molecule has 1 aromatic carbocycles. The van der Waals surface area contributed by atoms with Gasteiger partial charge in [-0.2, -0.15) is 8.78 Å². The predicted octanol–water partition coefficient (Wildman–Crippen LogP) is 4.03. The van der Waals surface area contributed by atoms with Crippen LogP contribution in [0.25, 0.3) is 0 Å². The first-order valence-electron chi connectivity index (χ1n) is 9.09. The number of aliphatic imine (C=N–C) groups is 1. The maximum absolute atomic E-state index is 12.5. The highest BCUT2D eigenvalue weighted by Crippen LogP contribution is 2.29. The van der Waals surface area contributed by atoms with E-state index in [1.807, 2.05) is 6.92 Å². The summed E-state index contributed by atoms with van der Waals surface area (Å²) >= 11 is 0. The number of benzene rings is 1. The number of hydrogen-bond acceptors (Lipinski definition) is 4. The number of ether oxygens (including phenoxy) is 3. The Bertz CT molecular complexity index is 590. The first kappa shape index (κ1) is 26.6. The molecule has 0 bridgehead atoms. The average Bonchev–Trinajstić information content (AvgIpc) is 2.63. The third-order valence-corrected chi connectivity index (χ3v) is 3.97. The van der Waals surface area contributed by atoms with Crippen LogP contribution in [0.3, 0.4) is 0 Å². The predicted molar refractivity (Wildman–Crippen MR) is 118 cm³/mol. The Morgan fingerprint density at radius 2 is 1.89 bits per heavy atom. The van der Waals surface area contributed by atoms with Crippen LogP contribution in [0.2, 0.25) is 0 Å². The minimum Gasteiger partial charge on any atom is -0.493 e. The molecule has 0 radical (unpaired) electrons. The van der Waals surface area contributed by atoms with E-state index in [1.54, 1.807) is 19.2 Å². The monoisotopic (exact) mass is 515 g/mol. The summed E-state index contributed by atoms with van der Waals surface area (Å²) in [6.45, 7) is 5.16. The maximum atomic E-state index is 12.5. The van der Waals surface area contributed by atoms with E-state index in [0.717, 1.165) is 12.0 Å². The molecule has 0 fully saturated rings. The Labute approximate surface area is 183 Å². The quantitative estimate of drug-likeness (QED) is 0.265. The van der Waals surface area contributed by atoms with Crippen molar-refractivity contribution in [1.82, 2.24) is 10.6 Å². The van der Waals surface area contributed by atoms with Gasteiger partial charge in [-0.25, -0.2) is 0 Å². The molecule has 0 amide bonds. The van der Waals surface area contributed by atoms with E-state index in [9.17, 15) is 8.78 Å². The van der Waals surface area contributed by atoms with Crippen molar-refractivity contribution in [3.8, 4) is 11.5 Å². The van der Waals surface area contributed by atoms with E-state index in [1.165, 1.54) is 13.2 Å². The third-order valence-electron chi connectivity index (χ3n) is 3.97. The van der Waals surface area contributed by atoms with Crippen molar-refractivity contribution in [3.05, 3.63) is 23.8 Å². The van der Waals surface area contributed by atoms with Crippen LogP contribution >= 0.6 is 24.0 Å². The Hall–Kier alpha value is -1.36. The summed E-state index contributed by atoms with van der Waals surface area (Å²) in [4.78, 5) is 4.17. The van der Waals surface area contributed by atoms with Gasteiger partial charge in [0.25, 0.3) is 0 Å². The van der Waals surface area contributed by atoms with Gasteiger partial charge < -0.3 is 24.8 Å². The highest BCUT2D eigenvalue weighted by molar-refractivity contribution is 14.0. The highest BCUT2D eigenvalue weighted by atomic mass is 127. The molecule has 1 aromatic rings. The summed E-state index contributed by atoms with van der Waals surface area (Å²) in [7, 11) is 3.08. The topological polar surface area (TPSA) is 64.1 Å². The van der Waals surface area contributed by atoms with Crippen LogP contribution in [-0.2, 0) is 11.3 Å². The molecule has 0 spiro atoms. The van der Waals surface area contributed by atoms with Crippen molar-refractivity contribution in [3.63, 3.8) is 0 Å². The summed E-state index contributed by atoms with van der Waals surface area (Å²) in [5.41, 5.74) is 0.767. The molecule has 2 N–H and O–H groups in total. The lowest BCUT2D eigenvalue weighted by Gasteiger charge is -2.21. The maximum Gasteiger partial charge on any atom is 0.387 e. The molecule has 0 saturated carbocycles.